The molecule has 25 heavy (non-hydrogen) atoms. The molecule has 2 amide bonds. The summed E-state index contributed by atoms with van der Waals surface area (Å²) >= 11 is 0. The van der Waals surface area contributed by atoms with Crippen LogP contribution in [0.2, 0.25) is 0 Å². The summed E-state index contributed by atoms with van der Waals surface area (Å²) in [5.41, 5.74) is 1.05. The first-order chi connectivity index (χ1) is 12.1. The molecular weight excluding hydrogens is 318 g/mol. The molecule has 1 aliphatic rings. The molecule has 0 N–H and O–H groups in total. The number of rotatable bonds is 7. The van der Waals surface area contributed by atoms with E-state index in [1.807, 2.05) is 27.8 Å². The zero-order valence-electron chi connectivity index (χ0n) is 14.4. The molecule has 7 heteroatoms. The summed E-state index contributed by atoms with van der Waals surface area (Å²) in [6.07, 6.45) is 10.1. The lowest BCUT2D eigenvalue weighted by molar-refractivity contribution is -0.136. The van der Waals surface area contributed by atoms with Crippen molar-refractivity contribution in [3.05, 3.63) is 48.8 Å². The molecule has 1 aliphatic heterocycles. The number of pyridine rings is 1. The van der Waals surface area contributed by atoms with E-state index in [2.05, 4.69) is 9.97 Å². The number of hydrogen-bond donors (Lipinski definition) is 0. The molecule has 2 aromatic rings. The molecule has 0 radical (unpaired) electrons. The molecule has 3 rings (SSSR count). The molecule has 132 valence electrons. The highest BCUT2D eigenvalue weighted by atomic mass is 16.2. The number of nitrogens with zero attached hydrogens (tertiary/aromatic N) is 5. The number of likely N-dealkylation sites (tertiary alicyclic amines) is 1. The Morgan fingerprint density at radius 2 is 2.08 bits per heavy atom. The van der Waals surface area contributed by atoms with Crippen LogP contribution in [0.15, 0.2) is 43.2 Å². The van der Waals surface area contributed by atoms with Gasteiger partial charge in [-0.3, -0.25) is 14.6 Å². The van der Waals surface area contributed by atoms with E-state index in [0.29, 0.717) is 26.1 Å². The van der Waals surface area contributed by atoms with Crippen molar-refractivity contribution >= 4 is 11.8 Å². The summed E-state index contributed by atoms with van der Waals surface area (Å²) in [5.74, 6) is -0.145. The largest absolute Gasteiger partial charge is 0.345 e. The zero-order chi connectivity index (χ0) is 17.6. The maximum Gasteiger partial charge on any atom is 0.228 e. The fourth-order valence-electron chi connectivity index (χ4n) is 3.13. The van der Waals surface area contributed by atoms with Gasteiger partial charge in [-0.1, -0.05) is 0 Å². The zero-order valence-corrected chi connectivity index (χ0v) is 14.4. The average Bonchev–Trinajstić information content (AvgIpc) is 3.25. The lowest BCUT2D eigenvalue weighted by Crippen LogP contribution is -2.37. The second-order valence-corrected chi connectivity index (χ2v) is 6.44. The topological polar surface area (TPSA) is 71.3 Å². The van der Waals surface area contributed by atoms with Crippen molar-refractivity contribution in [2.45, 2.75) is 25.9 Å². The fourth-order valence-corrected chi connectivity index (χ4v) is 3.13. The first-order valence-corrected chi connectivity index (χ1v) is 8.51. The third-order valence-corrected chi connectivity index (χ3v) is 4.53. The molecule has 0 bridgehead atoms. The molecule has 1 saturated heterocycles. The summed E-state index contributed by atoms with van der Waals surface area (Å²) < 4.78 is 2.00. The Balaban J connectivity index is 1.64. The van der Waals surface area contributed by atoms with Gasteiger partial charge in [0.1, 0.15) is 0 Å². The Bertz CT molecular complexity index is 702. The smallest absolute Gasteiger partial charge is 0.228 e. The first-order valence-electron chi connectivity index (χ1n) is 8.51. The lowest BCUT2D eigenvalue weighted by atomic mass is 10.1. The Hall–Kier alpha value is -2.70. The van der Waals surface area contributed by atoms with Crippen LogP contribution in [0.1, 0.15) is 18.4 Å². The SMILES string of the molecule is CN1C[C@@H](C(=O)N(CCCn2ccnc2)Cc2ccncc2)CC1=O. The van der Waals surface area contributed by atoms with Crippen molar-refractivity contribution in [3.63, 3.8) is 0 Å². The van der Waals surface area contributed by atoms with E-state index in [0.717, 1.165) is 18.5 Å². The third kappa shape index (κ3) is 4.43. The van der Waals surface area contributed by atoms with E-state index in [-0.39, 0.29) is 17.7 Å². The highest BCUT2D eigenvalue weighted by molar-refractivity contribution is 5.89. The number of carbonyl (C=O) groups excluding carboxylic acids is 2. The van der Waals surface area contributed by atoms with E-state index in [4.69, 9.17) is 0 Å². The van der Waals surface area contributed by atoms with Gasteiger partial charge in [-0.25, -0.2) is 4.98 Å². The van der Waals surface area contributed by atoms with Gasteiger partial charge >= 0.3 is 0 Å². The van der Waals surface area contributed by atoms with Crippen LogP contribution in [0.5, 0.6) is 0 Å². The highest BCUT2D eigenvalue weighted by Crippen LogP contribution is 2.20. The number of amides is 2. The van der Waals surface area contributed by atoms with Crippen LogP contribution in [0.25, 0.3) is 0 Å². The first kappa shape index (κ1) is 17.1. The second kappa shape index (κ2) is 7.92. The van der Waals surface area contributed by atoms with Crippen molar-refractivity contribution in [1.29, 1.82) is 0 Å². The van der Waals surface area contributed by atoms with Gasteiger partial charge in [0.15, 0.2) is 0 Å². The standard InChI is InChI=1S/C18H23N5O2/c1-21-13-16(11-17(21)24)18(25)23(12-15-3-5-19-6-4-15)9-2-8-22-10-7-20-14-22/h3-7,10,14,16H,2,8-9,11-13H2,1H3/t16-/m0/s1. The van der Waals surface area contributed by atoms with Crippen LogP contribution >= 0.6 is 0 Å². The molecule has 1 fully saturated rings. The molecule has 0 saturated carbocycles. The summed E-state index contributed by atoms with van der Waals surface area (Å²) in [4.78, 5) is 36.3. The van der Waals surface area contributed by atoms with Gasteiger partial charge in [0.05, 0.1) is 12.2 Å². The van der Waals surface area contributed by atoms with Crippen molar-refractivity contribution in [3.8, 4) is 0 Å². The molecule has 1 atom stereocenters. The predicted molar refractivity (Wildman–Crippen MR) is 92.2 cm³/mol. The second-order valence-electron chi connectivity index (χ2n) is 6.44. The van der Waals surface area contributed by atoms with Gasteiger partial charge in [0, 0.05) is 64.4 Å². The monoisotopic (exact) mass is 341 g/mol. The van der Waals surface area contributed by atoms with Gasteiger partial charge in [-0.15, -0.1) is 0 Å². The molecule has 0 spiro atoms. The number of aromatic nitrogens is 3. The normalized spacial score (nSPS) is 17.1. The summed E-state index contributed by atoms with van der Waals surface area (Å²) in [5, 5.41) is 0. The third-order valence-electron chi connectivity index (χ3n) is 4.53. The molecule has 7 nitrogen and oxygen atoms in total. The molecule has 0 unspecified atom stereocenters. The number of imidazole rings is 1. The lowest BCUT2D eigenvalue weighted by Gasteiger charge is -2.25. The van der Waals surface area contributed by atoms with Gasteiger partial charge in [0.25, 0.3) is 0 Å². The maximum atomic E-state index is 12.9. The van der Waals surface area contributed by atoms with Crippen LogP contribution < -0.4 is 0 Å². The molecule has 3 heterocycles. The Morgan fingerprint density at radius 3 is 2.72 bits per heavy atom. The molecule has 2 aromatic heterocycles. The Labute approximate surface area is 147 Å². The number of aryl methyl sites for hydroxylation is 1. The molecular formula is C18H23N5O2. The summed E-state index contributed by atoms with van der Waals surface area (Å²) in [7, 11) is 1.75. The predicted octanol–water partition coefficient (Wildman–Crippen LogP) is 1.18. The van der Waals surface area contributed by atoms with Crippen LogP contribution in [-0.4, -0.2) is 56.3 Å². The fraction of sp³-hybridized carbons (Fsp3) is 0.444. The molecule has 0 aliphatic carbocycles. The summed E-state index contributed by atoms with van der Waals surface area (Å²) in [6.45, 7) is 2.50. The average molecular weight is 341 g/mol. The van der Waals surface area contributed by atoms with Crippen molar-refractivity contribution in [1.82, 2.24) is 24.3 Å². The number of hydrogen-bond acceptors (Lipinski definition) is 4. The minimum absolute atomic E-state index is 0.0422. The van der Waals surface area contributed by atoms with Gasteiger partial charge in [0.2, 0.25) is 11.8 Å². The highest BCUT2D eigenvalue weighted by Gasteiger charge is 2.34. The minimum atomic E-state index is -0.243. The Kier molecular flexibility index (Phi) is 5.42. The van der Waals surface area contributed by atoms with Crippen LogP contribution in [0.3, 0.4) is 0 Å². The summed E-state index contributed by atoms with van der Waals surface area (Å²) in [6, 6.07) is 3.84. The van der Waals surface area contributed by atoms with E-state index in [1.165, 1.54) is 0 Å². The van der Waals surface area contributed by atoms with E-state index >= 15 is 0 Å². The van der Waals surface area contributed by atoms with Crippen LogP contribution in [0, 0.1) is 5.92 Å². The number of carbonyl (C=O) groups is 2. The van der Waals surface area contributed by atoms with Crippen LogP contribution in [0.4, 0.5) is 0 Å². The van der Waals surface area contributed by atoms with E-state index < -0.39 is 0 Å². The van der Waals surface area contributed by atoms with E-state index in [9.17, 15) is 9.59 Å². The van der Waals surface area contributed by atoms with Crippen molar-refractivity contribution < 1.29 is 9.59 Å². The Morgan fingerprint density at radius 1 is 1.28 bits per heavy atom. The van der Waals surface area contributed by atoms with E-state index in [1.54, 1.807) is 36.9 Å². The molecule has 0 aromatic carbocycles. The van der Waals surface area contributed by atoms with Crippen LogP contribution in [-0.2, 0) is 22.7 Å². The van der Waals surface area contributed by atoms with Crippen molar-refractivity contribution in [2.24, 2.45) is 5.92 Å². The van der Waals surface area contributed by atoms with Gasteiger partial charge < -0.3 is 14.4 Å². The van der Waals surface area contributed by atoms with Gasteiger partial charge in [-0.2, -0.15) is 0 Å². The maximum absolute atomic E-state index is 12.9. The quantitative estimate of drug-likeness (QED) is 0.758. The minimum Gasteiger partial charge on any atom is -0.345 e. The van der Waals surface area contributed by atoms with Gasteiger partial charge in [-0.05, 0) is 24.1 Å². The van der Waals surface area contributed by atoms with Crippen molar-refractivity contribution in [2.75, 3.05) is 20.1 Å².